The van der Waals surface area contributed by atoms with Crippen molar-refractivity contribution < 1.29 is 37.4 Å². The van der Waals surface area contributed by atoms with E-state index in [1.807, 2.05) is 0 Å². The lowest BCUT2D eigenvalue weighted by atomic mass is 10.0. The number of rotatable bonds is 5. The van der Waals surface area contributed by atoms with Crippen LogP contribution in [0.15, 0.2) is 36.4 Å². The van der Waals surface area contributed by atoms with Crippen molar-refractivity contribution in [3.05, 3.63) is 53.1 Å². The smallest absolute Gasteiger partial charge is 0.417 e. The van der Waals surface area contributed by atoms with E-state index >= 15 is 0 Å². The number of ketones is 1. The van der Waals surface area contributed by atoms with Gasteiger partial charge in [0.15, 0.2) is 17.3 Å². The lowest BCUT2D eigenvalue weighted by Crippen LogP contribution is -2.35. The summed E-state index contributed by atoms with van der Waals surface area (Å²) in [4.78, 5) is 36.3. The van der Waals surface area contributed by atoms with Gasteiger partial charge in [0.2, 0.25) is 0 Å². The number of halogens is 3. The summed E-state index contributed by atoms with van der Waals surface area (Å²) in [5.74, 6) is -2.85. The van der Waals surface area contributed by atoms with Gasteiger partial charge in [-0.1, -0.05) is 19.1 Å². The Morgan fingerprint density at radius 1 is 1.10 bits per heavy atom. The van der Waals surface area contributed by atoms with E-state index in [1.54, 1.807) is 18.3 Å². The molecule has 0 aliphatic rings. The SMILES string of the molecule is CCC(=O)c1ccccc1NC(=O)NC(=O)c1cc(O)c(OC)cc1C(F)(F)F. The third kappa shape index (κ3) is 5.03. The average molecular weight is 410 g/mol. The standard InChI is InChI=1S/C19H17F3N2O5/c1-3-14(25)10-6-4-5-7-13(10)23-18(28)24-17(27)11-8-15(26)16(29-2)9-12(11)19(20,21)22/h4-9,26H,3H2,1-2H3,(H2,23,24,27,28). The van der Waals surface area contributed by atoms with Crippen molar-refractivity contribution in [1.29, 1.82) is 0 Å². The number of carbonyl (C=O) groups is 3. The number of nitrogens with one attached hydrogen (secondary N) is 2. The molecule has 0 bridgehead atoms. The molecule has 2 aromatic carbocycles. The quantitative estimate of drug-likeness (QED) is 0.647. The third-order valence-corrected chi connectivity index (χ3v) is 3.89. The molecule has 0 saturated heterocycles. The number of amides is 3. The molecule has 0 spiro atoms. The summed E-state index contributed by atoms with van der Waals surface area (Å²) in [7, 11) is 1.05. The highest BCUT2D eigenvalue weighted by molar-refractivity contribution is 6.11. The molecule has 0 saturated carbocycles. The minimum Gasteiger partial charge on any atom is -0.504 e. The summed E-state index contributed by atoms with van der Waals surface area (Å²) in [5, 5.41) is 13.7. The van der Waals surface area contributed by atoms with E-state index in [0.717, 1.165) is 7.11 Å². The zero-order chi connectivity index (χ0) is 21.8. The molecule has 2 rings (SSSR count). The molecule has 2 aromatic rings. The number of anilines is 1. The van der Waals surface area contributed by atoms with Gasteiger partial charge in [-0.2, -0.15) is 13.2 Å². The Hall–Kier alpha value is -3.56. The molecular formula is C19H17F3N2O5. The first-order chi connectivity index (χ1) is 13.6. The second kappa shape index (κ2) is 8.63. The minimum atomic E-state index is -4.94. The Labute approximate surface area is 163 Å². The van der Waals surface area contributed by atoms with Gasteiger partial charge in [0, 0.05) is 12.0 Å². The van der Waals surface area contributed by atoms with Crippen LogP contribution in [0, 0.1) is 0 Å². The van der Waals surface area contributed by atoms with E-state index in [1.165, 1.54) is 18.2 Å². The molecule has 0 radical (unpaired) electrons. The van der Waals surface area contributed by atoms with Gasteiger partial charge in [0.05, 0.1) is 23.9 Å². The fourth-order valence-corrected chi connectivity index (χ4v) is 2.50. The monoisotopic (exact) mass is 410 g/mol. The first-order valence-electron chi connectivity index (χ1n) is 8.31. The van der Waals surface area contributed by atoms with Crippen molar-refractivity contribution in [2.45, 2.75) is 19.5 Å². The number of ether oxygens (including phenoxy) is 1. The van der Waals surface area contributed by atoms with Crippen LogP contribution in [-0.2, 0) is 6.18 Å². The number of aromatic hydroxyl groups is 1. The number of phenolic OH excluding ortho intramolecular Hbond substituents is 1. The predicted molar refractivity (Wildman–Crippen MR) is 97.2 cm³/mol. The lowest BCUT2D eigenvalue weighted by molar-refractivity contribution is -0.138. The first-order valence-corrected chi connectivity index (χ1v) is 8.31. The number of alkyl halides is 3. The number of phenols is 1. The molecule has 154 valence electrons. The normalized spacial score (nSPS) is 10.9. The van der Waals surface area contributed by atoms with Crippen molar-refractivity contribution in [3.63, 3.8) is 0 Å². The van der Waals surface area contributed by atoms with Crippen LogP contribution in [-0.4, -0.2) is 29.9 Å². The van der Waals surface area contributed by atoms with E-state index < -0.39 is 40.7 Å². The fraction of sp³-hybridized carbons (Fsp3) is 0.211. The van der Waals surface area contributed by atoms with Crippen LogP contribution >= 0.6 is 0 Å². The third-order valence-electron chi connectivity index (χ3n) is 3.89. The van der Waals surface area contributed by atoms with E-state index in [2.05, 4.69) is 10.1 Å². The second-order valence-corrected chi connectivity index (χ2v) is 5.80. The number of carbonyl (C=O) groups excluding carboxylic acids is 3. The molecule has 29 heavy (non-hydrogen) atoms. The molecule has 0 atom stereocenters. The van der Waals surface area contributed by atoms with Crippen LogP contribution in [0.25, 0.3) is 0 Å². The maximum Gasteiger partial charge on any atom is 0.417 e. The summed E-state index contributed by atoms with van der Waals surface area (Å²) < 4.78 is 44.4. The highest BCUT2D eigenvalue weighted by atomic mass is 19.4. The van der Waals surface area contributed by atoms with Crippen LogP contribution < -0.4 is 15.4 Å². The van der Waals surface area contributed by atoms with Crippen molar-refractivity contribution in [1.82, 2.24) is 5.32 Å². The molecule has 0 aliphatic heterocycles. The maximum absolute atomic E-state index is 13.3. The lowest BCUT2D eigenvalue weighted by Gasteiger charge is -2.15. The number of benzene rings is 2. The van der Waals surface area contributed by atoms with Gasteiger partial charge in [0.1, 0.15) is 0 Å². The number of para-hydroxylation sites is 1. The molecule has 0 heterocycles. The molecule has 3 N–H and O–H groups in total. The maximum atomic E-state index is 13.3. The summed E-state index contributed by atoms with van der Waals surface area (Å²) in [6, 6.07) is 5.85. The Bertz CT molecular complexity index is 957. The largest absolute Gasteiger partial charge is 0.504 e. The molecule has 0 fully saturated rings. The average Bonchev–Trinajstić information content (AvgIpc) is 2.66. The van der Waals surface area contributed by atoms with Gasteiger partial charge in [-0.05, 0) is 24.3 Å². The van der Waals surface area contributed by atoms with E-state index in [9.17, 15) is 32.7 Å². The van der Waals surface area contributed by atoms with Gasteiger partial charge >= 0.3 is 12.2 Å². The van der Waals surface area contributed by atoms with Crippen LogP contribution in [0.4, 0.5) is 23.7 Å². The molecule has 3 amide bonds. The van der Waals surface area contributed by atoms with E-state index in [-0.39, 0.29) is 23.5 Å². The van der Waals surface area contributed by atoms with Gasteiger partial charge in [-0.15, -0.1) is 0 Å². The predicted octanol–water partition coefficient (Wildman–Crippen LogP) is 3.97. The zero-order valence-electron chi connectivity index (χ0n) is 15.4. The summed E-state index contributed by atoms with van der Waals surface area (Å²) in [6.07, 6.45) is -4.77. The number of methoxy groups -OCH3 is 1. The Morgan fingerprint density at radius 3 is 2.34 bits per heavy atom. The number of Topliss-reactive ketones (excluding diaryl/α,β-unsaturated/α-hetero) is 1. The van der Waals surface area contributed by atoms with Crippen LogP contribution in [0.3, 0.4) is 0 Å². The first kappa shape index (κ1) is 21.7. The molecule has 0 aromatic heterocycles. The molecule has 7 nitrogen and oxygen atoms in total. The molecule has 0 aliphatic carbocycles. The van der Waals surface area contributed by atoms with Crippen LogP contribution in [0.2, 0.25) is 0 Å². The van der Waals surface area contributed by atoms with Crippen molar-refractivity contribution in [2.75, 3.05) is 12.4 Å². The molecule has 0 unspecified atom stereocenters. The molecular weight excluding hydrogens is 393 g/mol. The van der Waals surface area contributed by atoms with E-state index in [4.69, 9.17) is 0 Å². The number of hydrogen-bond acceptors (Lipinski definition) is 5. The minimum absolute atomic E-state index is 0.0956. The summed E-state index contributed by atoms with van der Waals surface area (Å²) in [5.41, 5.74) is -2.07. The van der Waals surface area contributed by atoms with Crippen molar-refractivity contribution in [3.8, 4) is 11.5 Å². The Morgan fingerprint density at radius 2 is 1.76 bits per heavy atom. The number of hydrogen-bond donors (Lipinski definition) is 3. The van der Waals surface area contributed by atoms with E-state index in [0.29, 0.717) is 12.1 Å². The highest BCUT2D eigenvalue weighted by Gasteiger charge is 2.37. The Balaban J connectivity index is 2.28. The fourth-order valence-electron chi connectivity index (χ4n) is 2.50. The zero-order valence-corrected chi connectivity index (χ0v) is 15.4. The second-order valence-electron chi connectivity index (χ2n) is 5.80. The van der Waals surface area contributed by atoms with Gasteiger partial charge in [-0.25, -0.2) is 4.79 Å². The number of urea groups is 1. The Kier molecular flexibility index (Phi) is 6.47. The molecule has 10 heteroatoms. The highest BCUT2D eigenvalue weighted by Crippen LogP contribution is 2.38. The van der Waals surface area contributed by atoms with Crippen LogP contribution in [0.5, 0.6) is 11.5 Å². The van der Waals surface area contributed by atoms with Crippen LogP contribution in [0.1, 0.15) is 39.6 Å². The van der Waals surface area contributed by atoms with Gasteiger partial charge in [-0.3, -0.25) is 14.9 Å². The summed E-state index contributed by atoms with van der Waals surface area (Å²) in [6.45, 7) is 1.62. The topological polar surface area (TPSA) is 105 Å². The van der Waals surface area contributed by atoms with Crippen molar-refractivity contribution >= 4 is 23.4 Å². The van der Waals surface area contributed by atoms with Gasteiger partial charge < -0.3 is 15.2 Å². The number of imide groups is 1. The summed E-state index contributed by atoms with van der Waals surface area (Å²) >= 11 is 0. The van der Waals surface area contributed by atoms with Crippen molar-refractivity contribution in [2.24, 2.45) is 0 Å². The van der Waals surface area contributed by atoms with Gasteiger partial charge in [0.25, 0.3) is 5.91 Å².